The molecule has 0 aromatic heterocycles. The highest BCUT2D eigenvalue weighted by molar-refractivity contribution is 6.32. The number of hydrogen-bond donors (Lipinski definition) is 1. The van der Waals surface area contributed by atoms with Crippen LogP contribution < -0.4 is 24.2 Å². The second-order valence-electron chi connectivity index (χ2n) is 14.2. The summed E-state index contributed by atoms with van der Waals surface area (Å²) in [6.07, 6.45) is 2.28. The highest BCUT2D eigenvalue weighted by Crippen LogP contribution is 2.66. The molecule has 3 saturated heterocycles. The van der Waals surface area contributed by atoms with Gasteiger partial charge in [-0.2, -0.15) is 0 Å². The van der Waals surface area contributed by atoms with Gasteiger partial charge in [0, 0.05) is 42.4 Å². The number of imide groups is 2. The van der Waals surface area contributed by atoms with Crippen molar-refractivity contribution in [3.63, 3.8) is 0 Å². The van der Waals surface area contributed by atoms with E-state index in [4.69, 9.17) is 25.8 Å². The minimum atomic E-state index is -1.44. The highest BCUT2D eigenvalue weighted by Gasteiger charge is 2.68. The number of morpholine rings is 1. The first-order valence-corrected chi connectivity index (χ1v) is 17.7. The summed E-state index contributed by atoms with van der Waals surface area (Å²) in [5.74, 6) is -6.02. The number of carbonyl (C=O) groups is 4. The molecule has 0 radical (unpaired) electrons. The Morgan fingerprint density at radius 1 is 0.846 bits per heavy atom. The Morgan fingerprint density at radius 2 is 1.48 bits per heavy atom. The number of nitrogens with zero attached hydrogens (tertiary/aromatic N) is 3. The number of halogens is 2. The Morgan fingerprint density at radius 3 is 2.12 bits per heavy atom. The number of phenols is 1. The third-order valence-electron chi connectivity index (χ3n) is 11.7. The lowest BCUT2D eigenvalue weighted by atomic mass is 9.51. The molecule has 5 aliphatic rings. The minimum Gasteiger partial charge on any atom is -0.508 e. The largest absolute Gasteiger partial charge is 0.508 e. The summed E-state index contributed by atoms with van der Waals surface area (Å²) in [4.78, 5) is 62.5. The number of anilines is 3. The van der Waals surface area contributed by atoms with E-state index >= 15 is 0 Å². The average Bonchev–Trinajstić information content (AvgIpc) is 3.52. The van der Waals surface area contributed by atoms with E-state index in [1.165, 1.54) is 43.4 Å². The number of ether oxygens (including phenoxy) is 3. The van der Waals surface area contributed by atoms with E-state index in [0.29, 0.717) is 30.0 Å². The number of amides is 4. The summed E-state index contributed by atoms with van der Waals surface area (Å²) in [5, 5.41) is 10.3. The maximum absolute atomic E-state index is 14.8. The molecule has 4 fully saturated rings. The first-order chi connectivity index (χ1) is 25.0. The fourth-order valence-electron chi connectivity index (χ4n) is 9.29. The van der Waals surface area contributed by atoms with Crippen LogP contribution in [0.1, 0.15) is 31.2 Å². The van der Waals surface area contributed by atoms with E-state index in [2.05, 4.69) is 4.90 Å². The highest BCUT2D eigenvalue weighted by atomic mass is 35.5. The Labute approximate surface area is 304 Å². The number of allylic oxidation sites excluding steroid dienone is 2. The van der Waals surface area contributed by atoms with Crippen molar-refractivity contribution in [3.05, 3.63) is 82.6 Å². The maximum atomic E-state index is 14.8. The molecule has 0 spiro atoms. The van der Waals surface area contributed by atoms with Crippen molar-refractivity contribution < 1.29 is 42.9 Å². The zero-order valence-corrected chi connectivity index (χ0v) is 29.6. The normalized spacial score (nSPS) is 28.4. The van der Waals surface area contributed by atoms with Crippen LogP contribution in [0.3, 0.4) is 0 Å². The molecular weight excluding hydrogens is 693 g/mol. The standard InChI is InChI=1S/C39H37ClFN3O8/c1-39-27(36(47)44(38(39)49)22-8-11-29(41)28(40)16-22)19-26-24(34(39)33-30(50-2)17-23(45)18-31(33)51-3)9-10-25-32(26)37(48)43(35(25)46)21-6-4-20(5-7-21)42-12-14-52-15-13-42/h4-9,11,16-18,25-27,32,34,45H,10,12-15,19H2,1-3H3/t25-,26+,27-,32-,34+,39+/m0/s1. The molecule has 3 heterocycles. The predicted octanol–water partition coefficient (Wildman–Crippen LogP) is 5.47. The molecule has 4 amide bonds. The smallest absolute Gasteiger partial charge is 0.241 e. The zero-order chi connectivity index (χ0) is 36.6. The van der Waals surface area contributed by atoms with Crippen molar-refractivity contribution in [1.82, 2.24) is 0 Å². The van der Waals surface area contributed by atoms with E-state index in [0.717, 1.165) is 29.7 Å². The molecule has 52 heavy (non-hydrogen) atoms. The zero-order valence-electron chi connectivity index (χ0n) is 28.8. The Kier molecular flexibility index (Phi) is 8.30. The number of carbonyl (C=O) groups excluding carboxylic acids is 4. The number of rotatable bonds is 6. The van der Waals surface area contributed by atoms with E-state index in [9.17, 15) is 28.7 Å². The van der Waals surface area contributed by atoms with Gasteiger partial charge in [0.25, 0.3) is 0 Å². The van der Waals surface area contributed by atoms with Crippen LogP contribution in [0.4, 0.5) is 21.5 Å². The van der Waals surface area contributed by atoms with E-state index < -0.39 is 52.6 Å². The topological polar surface area (TPSA) is 126 Å². The fourth-order valence-corrected chi connectivity index (χ4v) is 9.47. The van der Waals surface area contributed by atoms with Crippen molar-refractivity contribution in [2.24, 2.45) is 29.1 Å². The number of hydrogen-bond acceptors (Lipinski definition) is 9. The molecule has 11 nitrogen and oxygen atoms in total. The molecule has 3 aliphatic heterocycles. The van der Waals surface area contributed by atoms with Crippen molar-refractivity contribution in [2.45, 2.75) is 25.7 Å². The van der Waals surface area contributed by atoms with Gasteiger partial charge >= 0.3 is 0 Å². The molecule has 1 saturated carbocycles. The first kappa shape index (κ1) is 34.2. The molecule has 3 aromatic rings. The maximum Gasteiger partial charge on any atom is 0.241 e. The molecule has 13 heteroatoms. The molecule has 2 aliphatic carbocycles. The Bertz CT molecular complexity index is 2020. The molecule has 3 aromatic carbocycles. The lowest BCUT2D eigenvalue weighted by Gasteiger charge is -2.49. The quantitative estimate of drug-likeness (QED) is 0.260. The number of benzene rings is 3. The van der Waals surface area contributed by atoms with Crippen LogP contribution in [0.2, 0.25) is 5.02 Å². The van der Waals surface area contributed by atoms with Crippen LogP contribution >= 0.6 is 11.6 Å². The van der Waals surface area contributed by atoms with Crippen molar-refractivity contribution in [1.29, 1.82) is 0 Å². The van der Waals surface area contributed by atoms with E-state index in [1.54, 1.807) is 19.1 Å². The van der Waals surface area contributed by atoms with Gasteiger partial charge in [0.1, 0.15) is 23.1 Å². The molecular formula is C39H37ClFN3O8. The van der Waals surface area contributed by atoms with Gasteiger partial charge in [-0.3, -0.25) is 24.1 Å². The van der Waals surface area contributed by atoms with Gasteiger partial charge in [-0.25, -0.2) is 9.29 Å². The molecule has 270 valence electrons. The Balaban J connectivity index is 1.23. The van der Waals surface area contributed by atoms with Gasteiger partial charge in [0.15, 0.2) is 0 Å². The van der Waals surface area contributed by atoms with Gasteiger partial charge in [0.05, 0.1) is 67.0 Å². The number of phenolic OH excluding ortho intramolecular Hbond substituents is 1. The monoisotopic (exact) mass is 729 g/mol. The number of methoxy groups -OCH3 is 2. The first-order valence-electron chi connectivity index (χ1n) is 17.3. The summed E-state index contributed by atoms with van der Waals surface area (Å²) in [7, 11) is 2.86. The third-order valence-corrected chi connectivity index (χ3v) is 12.0. The second-order valence-corrected chi connectivity index (χ2v) is 14.6. The molecule has 1 N–H and O–H groups in total. The van der Waals surface area contributed by atoms with Crippen LogP contribution in [-0.2, 0) is 23.9 Å². The predicted molar refractivity (Wildman–Crippen MR) is 189 cm³/mol. The number of aromatic hydroxyl groups is 1. The van der Waals surface area contributed by atoms with Gasteiger partial charge < -0.3 is 24.2 Å². The van der Waals surface area contributed by atoms with Gasteiger partial charge in [-0.15, -0.1) is 0 Å². The van der Waals surface area contributed by atoms with Crippen LogP contribution in [0.25, 0.3) is 0 Å². The van der Waals surface area contributed by atoms with E-state index in [1.807, 2.05) is 18.2 Å². The summed E-state index contributed by atoms with van der Waals surface area (Å²) in [6.45, 7) is 4.44. The molecule has 0 bridgehead atoms. The number of fused-ring (bicyclic) bond motifs is 4. The molecule has 0 unspecified atom stereocenters. The second kappa shape index (κ2) is 12.6. The lowest BCUT2D eigenvalue weighted by molar-refractivity contribution is -0.131. The van der Waals surface area contributed by atoms with Crippen LogP contribution in [0.15, 0.2) is 66.2 Å². The van der Waals surface area contributed by atoms with Gasteiger partial charge in [-0.1, -0.05) is 23.3 Å². The average molecular weight is 730 g/mol. The van der Waals surface area contributed by atoms with Crippen LogP contribution in [-0.4, -0.2) is 69.3 Å². The van der Waals surface area contributed by atoms with Crippen molar-refractivity contribution in [3.8, 4) is 17.2 Å². The van der Waals surface area contributed by atoms with Crippen LogP contribution in [0, 0.1) is 34.9 Å². The fraction of sp³-hybridized carbons (Fsp3) is 0.385. The Hall–Kier alpha value is -4.94. The van der Waals surface area contributed by atoms with Crippen molar-refractivity contribution >= 4 is 52.3 Å². The molecule has 6 atom stereocenters. The molecule has 8 rings (SSSR count). The lowest BCUT2D eigenvalue weighted by Crippen LogP contribution is -2.49. The SMILES string of the molecule is COc1cc(O)cc(OC)c1[C@H]1C2=CC[C@@H]3C(=O)N(c4ccc(N5CCOCC5)cc4)C(=O)[C@@H]3[C@@H]2C[C@H]2C(=O)N(c3ccc(F)c(Cl)c3)C(=O)[C@@]12C. The van der Waals surface area contributed by atoms with E-state index in [-0.39, 0.29) is 52.6 Å². The summed E-state index contributed by atoms with van der Waals surface area (Å²) in [6, 6.07) is 13.9. The van der Waals surface area contributed by atoms with Gasteiger partial charge in [0.2, 0.25) is 23.6 Å². The summed E-state index contributed by atoms with van der Waals surface area (Å²) >= 11 is 6.12. The minimum absolute atomic E-state index is 0.113. The van der Waals surface area contributed by atoms with Gasteiger partial charge in [-0.05, 0) is 68.1 Å². The summed E-state index contributed by atoms with van der Waals surface area (Å²) < 4.78 is 31.3. The van der Waals surface area contributed by atoms with Crippen molar-refractivity contribution in [2.75, 3.05) is 55.2 Å². The summed E-state index contributed by atoms with van der Waals surface area (Å²) in [5.41, 5.74) is 1.26. The third kappa shape index (κ3) is 4.94. The van der Waals surface area contributed by atoms with Crippen LogP contribution in [0.5, 0.6) is 17.2 Å².